The fourth-order valence-corrected chi connectivity index (χ4v) is 1.90. The number of rotatable bonds is 5. The van der Waals surface area contributed by atoms with Gasteiger partial charge in [-0.3, -0.25) is 4.79 Å². The molecule has 0 aliphatic rings. The average Bonchev–Trinajstić information content (AvgIpc) is 2.40. The molecule has 0 aliphatic carbocycles. The molecule has 0 bridgehead atoms. The van der Waals surface area contributed by atoms with Crippen LogP contribution in [-0.2, 0) is 11.2 Å². The number of carbonyl (C=O) groups is 1. The Morgan fingerprint density at radius 1 is 0.944 bits per heavy atom. The monoisotopic (exact) mass is 240 g/mol. The van der Waals surface area contributed by atoms with E-state index in [0.29, 0.717) is 6.42 Å². The molecule has 92 valence electrons. The molecule has 0 aliphatic heterocycles. The summed E-state index contributed by atoms with van der Waals surface area (Å²) >= 11 is 0. The van der Waals surface area contributed by atoms with Crippen molar-refractivity contribution < 1.29 is 9.90 Å². The van der Waals surface area contributed by atoms with E-state index in [-0.39, 0.29) is 12.2 Å². The molecule has 2 aromatic carbocycles. The van der Waals surface area contributed by atoms with Gasteiger partial charge in [0, 0.05) is 12.8 Å². The fourth-order valence-electron chi connectivity index (χ4n) is 1.90. The Bertz CT molecular complexity index is 491. The number of benzene rings is 2. The largest absolute Gasteiger partial charge is 0.388 e. The average molecular weight is 240 g/mol. The number of ketones is 1. The van der Waals surface area contributed by atoms with Crippen molar-refractivity contribution in [1.29, 1.82) is 0 Å². The van der Waals surface area contributed by atoms with Gasteiger partial charge in [0.2, 0.25) is 0 Å². The van der Waals surface area contributed by atoms with Crippen molar-refractivity contribution in [2.75, 3.05) is 0 Å². The topological polar surface area (TPSA) is 37.3 Å². The van der Waals surface area contributed by atoms with Crippen molar-refractivity contribution in [2.24, 2.45) is 0 Å². The first-order chi connectivity index (χ1) is 8.75. The van der Waals surface area contributed by atoms with E-state index < -0.39 is 6.10 Å². The molecule has 0 radical (unpaired) electrons. The third-order valence-corrected chi connectivity index (χ3v) is 2.85. The maximum Gasteiger partial charge on any atom is 0.140 e. The van der Waals surface area contributed by atoms with E-state index in [0.717, 1.165) is 11.1 Å². The van der Waals surface area contributed by atoms with Gasteiger partial charge in [0.1, 0.15) is 5.78 Å². The minimum atomic E-state index is -0.706. The first-order valence-corrected chi connectivity index (χ1v) is 6.04. The van der Waals surface area contributed by atoms with Gasteiger partial charge in [-0.15, -0.1) is 0 Å². The quantitative estimate of drug-likeness (QED) is 0.872. The number of Topliss-reactive ketones (excluding diaryl/α,β-unsaturated/α-hetero) is 1. The molecule has 2 heteroatoms. The molecule has 0 fully saturated rings. The maximum atomic E-state index is 11.8. The zero-order chi connectivity index (χ0) is 12.8. The Hall–Kier alpha value is -1.93. The van der Waals surface area contributed by atoms with Crippen LogP contribution in [0.4, 0.5) is 0 Å². The van der Waals surface area contributed by atoms with E-state index >= 15 is 0 Å². The lowest BCUT2D eigenvalue weighted by Crippen LogP contribution is -2.09. The summed E-state index contributed by atoms with van der Waals surface area (Å²) in [6, 6.07) is 18.9. The Labute approximate surface area is 107 Å². The van der Waals surface area contributed by atoms with E-state index in [1.54, 1.807) is 0 Å². The normalized spacial score (nSPS) is 12.1. The summed E-state index contributed by atoms with van der Waals surface area (Å²) in [5.74, 6) is 0.0533. The van der Waals surface area contributed by atoms with Crippen LogP contribution in [0, 0.1) is 0 Å². The minimum absolute atomic E-state index is 0.0533. The highest BCUT2D eigenvalue weighted by atomic mass is 16.3. The van der Waals surface area contributed by atoms with Crippen molar-refractivity contribution >= 4 is 5.78 Å². The Morgan fingerprint density at radius 2 is 1.50 bits per heavy atom. The van der Waals surface area contributed by atoms with Crippen molar-refractivity contribution in [3.05, 3.63) is 71.8 Å². The van der Waals surface area contributed by atoms with Gasteiger partial charge < -0.3 is 5.11 Å². The Balaban J connectivity index is 1.92. The van der Waals surface area contributed by atoms with Gasteiger partial charge >= 0.3 is 0 Å². The van der Waals surface area contributed by atoms with Crippen LogP contribution in [0.15, 0.2) is 60.7 Å². The number of hydrogen-bond donors (Lipinski definition) is 1. The smallest absolute Gasteiger partial charge is 0.140 e. The summed E-state index contributed by atoms with van der Waals surface area (Å²) in [6.07, 6.45) is -0.161. The fraction of sp³-hybridized carbons (Fsp3) is 0.188. The molecular formula is C16H16O2. The van der Waals surface area contributed by atoms with Gasteiger partial charge in [-0.25, -0.2) is 0 Å². The number of hydrogen-bond acceptors (Lipinski definition) is 2. The van der Waals surface area contributed by atoms with Crippen LogP contribution in [0.5, 0.6) is 0 Å². The van der Waals surface area contributed by atoms with Crippen molar-refractivity contribution in [2.45, 2.75) is 18.9 Å². The lowest BCUT2D eigenvalue weighted by atomic mass is 10.0. The second-order valence-electron chi connectivity index (χ2n) is 4.33. The lowest BCUT2D eigenvalue weighted by Gasteiger charge is -2.09. The molecule has 0 unspecified atom stereocenters. The van der Waals surface area contributed by atoms with Crippen molar-refractivity contribution in [1.82, 2.24) is 0 Å². The van der Waals surface area contributed by atoms with Gasteiger partial charge in [-0.2, -0.15) is 0 Å². The summed E-state index contributed by atoms with van der Waals surface area (Å²) in [5.41, 5.74) is 1.78. The van der Waals surface area contributed by atoms with Crippen LogP contribution in [0.2, 0.25) is 0 Å². The molecule has 2 aromatic rings. The van der Waals surface area contributed by atoms with Crippen LogP contribution in [0.3, 0.4) is 0 Å². The highest BCUT2D eigenvalue weighted by molar-refractivity contribution is 5.81. The molecule has 0 saturated heterocycles. The van der Waals surface area contributed by atoms with Crippen molar-refractivity contribution in [3.8, 4) is 0 Å². The molecule has 0 aromatic heterocycles. The van der Waals surface area contributed by atoms with Gasteiger partial charge in [0.25, 0.3) is 0 Å². The van der Waals surface area contributed by atoms with Crippen LogP contribution in [0.1, 0.15) is 23.7 Å². The maximum absolute atomic E-state index is 11.8. The zero-order valence-electron chi connectivity index (χ0n) is 10.1. The van der Waals surface area contributed by atoms with Gasteiger partial charge in [0.15, 0.2) is 0 Å². The molecule has 0 saturated carbocycles. The standard InChI is InChI=1S/C16H16O2/c17-15(11-13-7-3-1-4-8-13)12-16(18)14-9-5-2-6-10-14/h1-10,16,18H,11-12H2/t16-/m1/s1. The second kappa shape index (κ2) is 6.12. The zero-order valence-corrected chi connectivity index (χ0v) is 10.1. The third-order valence-electron chi connectivity index (χ3n) is 2.85. The first-order valence-electron chi connectivity index (χ1n) is 6.04. The minimum Gasteiger partial charge on any atom is -0.388 e. The molecule has 0 heterocycles. The summed E-state index contributed by atoms with van der Waals surface area (Å²) in [6.45, 7) is 0. The predicted molar refractivity (Wildman–Crippen MR) is 71.2 cm³/mol. The summed E-state index contributed by atoms with van der Waals surface area (Å²) in [7, 11) is 0. The molecule has 0 spiro atoms. The van der Waals surface area contributed by atoms with Gasteiger partial charge in [-0.1, -0.05) is 60.7 Å². The van der Waals surface area contributed by atoms with E-state index in [2.05, 4.69) is 0 Å². The molecule has 1 N–H and O–H groups in total. The number of aliphatic hydroxyl groups excluding tert-OH is 1. The van der Waals surface area contributed by atoms with E-state index in [9.17, 15) is 9.90 Å². The van der Waals surface area contributed by atoms with E-state index in [1.165, 1.54) is 0 Å². The second-order valence-corrected chi connectivity index (χ2v) is 4.33. The van der Waals surface area contributed by atoms with Crippen LogP contribution in [0.25, 0.3) is 0 Å². The van der Waals surface area contributed by atoms with Crippen LogP contribution in [-0.4, -0.2) is 10.9 Å². The molecule has 0 amide bonds. The Kier molecular flexibility index (Phi) is 4.26. The predicted octanol–water partition coefficient (Wildman–Crippen LogP) is 2.92. The SMILES string of the molecule is O=C(Cc1ccccc1)C[C@@H](O)c1ccccc1. The molecule has 1 atom stereocenters. The van der Waals surface area contributed by atoms with E-state index in [1.807, 2.05) is 60.7 Å². The summed E-state index contributed by atoms with van der Waals surface area (Å²) in [5, 5.41) is 9.95. The number of carbonyl (C=O) groups excluding carboxylic acids is 1. The third kappa shape index (κ3) is 3.54. The summed E-state index contributed by atoms with van der Waals surface area (Å²) in [4.78, 5) is 11.8. The molecule has 2 rings (SSSR count). The molecule has 18 heavy (non-hydrogen) atoms. The van der Waals surface area contributed by atoms with Crippen LogP contribution < -0.4 is 0 Å². The van der Waals surface area contributed by atoms with Gasteiger partial charge in [-0.05, 0) is 11.1 Å². The van der Waals surface area contributed by atoms with Gasteiger partial charge in [0.05, 0.1) is 6.10 Å². The van der Waals surface area contributed by atoms with Crippen LogP contribution >= 0.6 is 0 Å². The van der Waals surface area contributed by atoms with E-state index in [4.69, 9.17) is 0 Å². The lowest BCUT2D eigenvalue weighted by molar-refractivity contribution is -0.120. The first kappa shape index (κ1) is 12.5. The Morgan fingerprint density at radius 3 is 2.11 bits per heavy atom. The highest BCUT2D eigenvalue weighted by Crippen LogP contribution is 2.17. The number of aliphatic hydroxyl groups is 1. The molecule has 2 nitrogen and oxygen atoms in total. The highest BCUT2D eigenvalue weighted by Gasteiger charge is 2.12. The van der Waals surface area contributed by atoms with Crippen molar-refractivity contribution in [3.63, 3.8) is 0 Å². The molecular weight excluding hydrogens is 224 g/mol. The summed E-state index contributed by atoms with van der Waals surface area (Å²) < 4.78 is 0.